The van der Waals surface area contributed by atoms with Crippen molar-refractivity contribution in [1.29, 1.82) is 0 Å². The minimum absolute atomic E-state index is 0.0115. The van der Waals surface area contributed by atoms with Crippen LogP contribution >= 0.6 is 0 Å². The van der Waals surface area contributed by atoms with E-state index in [9.17, 15) is 19.2 Å². The Morgan fingerprint density at radius 2 is 2.00 bits per heavy atom. The van der Waals surface area contributed by atoms with Crippen LogP contribution in [0.2, 0.25) is 0 Å². The van der Waals surface area contributed by atoms with Crippen LogP contribution in [0.4, 0.5) is 0 Å². The van der Waals surface area contributed by atoms with Crippen LogP contribution in [0.25, 0.3) is 0 Å². The molecule has 1 aliphatic rings. The highest BCUT2D eigenvalue weighted by molar-refractivity contribution is 5.92. The zero-order valence-corrected chi connectivity index (χ0v) is 13.7. The van der Waals surface area contributed by atoms with E-state index in [1.165, 1.54) is 12.1 Å². The third kappa shape index (κ3) is 4.40. The minimum Gasteiger partial charge on any atom is -0.354 e. The molecule has 0 aromatic carbocycles. The summed E-state index contributed by atoms with van der Waals surface area (Å²) in [5.41, 5.74) is -0.296. The summed E-state index contributed by atoms with van der Waals surface area (Å²) >= 11 is 0. The van der Waals surface area contributed by atoms with E-state index in [4.69, 9.17) is 0 Å². The summed E-state index contributed by atoms with van der Waals surface area (Å²) in [6, 6.07) is 2.61. The molecular weight excluding hydrogens is 314 g/mol. The number of carbonyl (C=O) groups is 3. The fraction of sp³-hybridized carbons (Fsp3) is 0.533. The van der Waals surface area contributed by atoms with Crippen LogP contribution in [0.3, 0.4) is 0 Å². The van der Waals surface area contributed by atoms with E-state index in [0.717, 1.165) is 0 Å². The second-order valence-electron chi connectivity index (χ2n) is 5.89. The summed E-state index contributed by atoms with van der Waals surface area (Å²) in [5.74, 6) is -0.996. The number of hydrogen-bond donors (Lipinski definition) is 3. The number of carbonyl (C=O) groups excluding carboxylic acids is 3. The molecule has 24 heavy (non-hydrogen) atoms. The lowest BCUT2D eigenvalue weighted by atomic mass is 10.1. The first-order chi connectivity index (χ1) is 11.4. The van der Waals surface area contributed by atoms with Gasteiger partial charge in [0, 0.05) is 38.2 Å². The molecule has 0 bridgehead atoms. The second kappa shape index (κ2) is 7.71. The number of aromatic amines is 1. The number of aromatic nitrogens is 2. The van der Waals surface area contributed by atoms with E-state index < -0.39 is 5.91 Å². The molecule has 0 radical (unpaired) electrons. The number of amides is 3. The molecule has 2 heterocycles. The molecule has 9 heteroatoms. The molecule has 0 spiro atoms. The highest BCUT2D eigenvalue weighted by atomic mass is 16.2. The first kappa shape index (κ1) is 17.6. The van der Waals surface area contributed by atoms with Gasteiger partial charge in [0.1, 0.15) is 5.69 Å². The van der Waals surface area contributed by atoms with Crippen LogP contribution in [-0.2, 0) is 9.59 Å². The third-order valence-electron chi connectivity index (χ3n) is 3.77. The predicted molar refractivity (Wildman–Crippen MR) is 85.2 cm³/mol. The van der Waals surface area contributed by atoms with Crippen molar-refractivity contribution in [2.75, 3.05) is 19.6 Å². The van der Waals surface area contributed by atoms with E-state index in [2.05, 4.69) is 20.8 Å². The normalized spacial score (nSPS) is 17.2. The number of rotatable bonds is 6. The van der Waals surface area contributed by atoms with E-state index in [-0.39, 0.29) is 54.5 Å². The van der Waals surface area contributed by atoms with Crippen molar-refractivity contribution in [3.05, 3.63) is 28.2 Å². The Labute approximate surface area is 138 Å². The van der Waals surface area contributed by atoms with Crippen molar-refractivity contribution in [1.82, 2.24) is 25.7 Å². The lowest BCUT2D eigenvalue weighted by Crippen LogP contribution is -2.39. The van der Waals surface area contributed by atoms with Crippen LogP contribution in [0, 0.1) is 5.92 Å². The summed E-state index contributed by atoms with van der Waals surface area (Å²) < 4.78 is 0. The van der Waals surface area contributed by atoms with Crippen molar-refractivity contribution in [2.24, 2.45) is 5.92 Å². The fourth-order valence-electron chi connectivity index (χ4n) is 2.47. The first-order valence-corrected chi connectivity index (χ1v) is 7.79. The average molecular weight is 335 g/mol. The van der Waals surface area contributed by atoms with Crippen molar-refractivity contribution >= 4 is 17.7 Å². The zero-order valence-electron chi connectivity index (χ0n) is 13.7. The Hall–Kier alpha value is -2.71. The number of hydrogen-bond acceptors (Lipinski definition) is 5. The van der Waals surface area contributed by atoms with Gasteiger partial charge < -0.3 is 15.5 Å². The van der Waals surface area contributed by atoms with E-state index in [1.807, 2.05) is 13.8 Å². The van der Waals surface area contributed by atoms with Gasteiger partial charge >= 0.3 is 0 Å². The van der Waals surface area contributed by atoms with Gasteiger partial charge in [0.15, 0.2) is 0 Å². The standard InChI is InChI=1S/C15H21N5O4/c1-9(2)20-8-10(7-13(20)22)14(23)16-5-6-17-15(24)11-3-4-12(21)19-18-11/h3-4,9-10H,5-8H2,1-2H3,(H,16,23)(H,17,24)(H,19,21). The molecule has 3 amide bonds. The van der Waals surface area contributed by atoms with Crippen molar-refractivity contribution in [3.63, 3.8) is 0 Å². The van der Waals surface area contributed by atoms with Gasteiger partial charge in [-0.15, -0.1) is 0 Å². The fourth-order valence-corrected chi connectivity index (χ4v) is 2.47. The maximum Gasteiger partial charge on any atom is 0.271 e. The van der Waals surface area contributed by atoms with Gasteiger partial charge in [-0.3, -0.25) is 19.2 Å². The van der Waals surface area contributed by atoms with Crippen molar-refractivity contribution in [2.45, 2.75) is 26.3 Å². The lowest BCUT2D eigenvalue weighted by molar-refractivity contribution is -0.129. The average Bonchev–Trinajstić information content (AvgIpc) is 2.94. The maximum absolute atomic E-state index is 12.1. The molecule has 9 nitrogen and oxygen atoms in total. The largest absolute Gasteiger partial charge is 0.354 e. The first-order valence-electron chi connectivity index (χ1n) is 7.79. The summed E-state index contributed by atoms with van der Waals surface area (Å²) in [4.78, 5) is 48.2. The predicted octanol–water partition coefficient (Wildman–Crippen LogP) is -1.13. The monoisotopic (exact) mass is 335 g/mol. The van der Waals surface area contributed by atoms with Gasteiger partial charge in [-0.05, 0) is 19.9 Å². The molecule has 0 aliphatic carbocycles. The summed E-state index contributed by atoms with van der Waals surface area (Å²) in [6.45, 7) is 4.73. The lowest BCUT2D eigenvalue weighted by Gasteiger charge is -2.20. The van der Waals surface area contributed by atoms with Gasteiger partial charge in [-0.1, -0.05) is 0 Å². The number of nitrogens with zero attached hydrogens (tertiary/aromatic N) is 2. The van der Waals surface area contributed by atoms with Gasteiger partial charge in [0.2, 0.25) is 11.8 Å². The Morgan fingerprint density at radius 3 is 2.58 bits per heavy atom. The summed E-state index contributed by atoms with van der Waals surface area (Å²) in [6.07, 6.45) is 0.220. The summed E-state index contributed by atoms with van der Waals surface area (Å²) in [7, 11) is 0. The van der Waals surface area contributed by atoms with Gasteiger partial charge in [0.05, 0.1) is 5.92 Å². The molecule has 2 rings (SSSR count). The molecule has 130 valence electrons. The molecule has 1 aromatic rings. The molecule has 1 fully saturated rings. The topological polar surface area (TPSA) is 124 Å². The molecule has 1 aromatic heterocycles. The van der Waals surface area contributed by atoms with Crippen LogP contribution in [0.5, 0.6) is 0 Å². The van der Waals surface area contributed by atoms with Gasteiger partial charge in [0.25, 0.3) is 11.5 Å². The van der Waals surface area contributed by atoms with E-state index in [1.54, 1.807) is 4.90 Å². The zero-order chi connectivity index (χ0) is 17.7. The Morgan fingerprint density at radius 1 is 1.29 bits per heavy atom. The Balaban J connectivity index is 1.71. The molecule has 1 saturated heterocycles. The van der Waals surface area contributed by atoms with Gasteiger partial charge in [-0.25, -0.2) is 5.10 Å². The van der Waals surface area contributed by atoms with Crippen LogP contribution in [0.1, 0.15) is 30.8 Å². The van der Waals surface area contributed by atoms with E-state index >= 15 is 0 Å². The Kier molecular flexibility index (Phi) is 5.67. The summed E-state index contributed by atoms with van der Waals surface area (Å²) in [5, 5.41) is 11.1. The molecular formula is C15H21N5O4. The van der Waals surface area contributed by atoms with E-state index in [0.29, 0.717) is 6.54 Å². The Bertz CT molecular complexity index is 664. The van der Waals surface area contributed by atoms with Crippen LogP contribution in [-0.4, -0.2) is 58.5 Å². The van der Waals surface area contributed by atoms with Crippen molar-refractivity contribution < 1.29 is 14.4 Å². The number of H-pyrrole nitrogens is 1. The number of likely N-dealkylation sites (tertiary alicyclic amines) is 1. The quantitative estimate of drug-likeness (QED) is 0.568. The van der Waals surface area contributed by atoms with Gasteiger partial charge in [-0.2, -0.15) is 5.10 Å². The molecule has 3 N–H and O–H groups in total. The highest BCUT2D eigenvalue weighted by Crippen LogP contribution is 2.19. The molecule has 1 unspecified atom stereocenters. The van der Waals surface area contributed by atoms with Crippen molar-refractivity contribution in [3.8, 4) is 0 Å². The third-order valence-corrected chi connectivity index (χ3v) is 3.77. The molecule has 1 aliphatic heterocycles. The molecule has 1 atom stereocenters. The molecule has 0 saturated carbocycles. The van der Waals surface area contributed by atoms with Crippen LogP contribution < -0.4 is 16.2 Å². The minimum atomic E-state index is -0.442. The number of nitrogens with one attached hydrogen (secondary N) is 3. The van der Waals surface area contributed by atoms with Crippen LogP contribution in [0.15, 0.2) is 16.9 Å². The SMILES string of the molecule is CC(C)N1CC(C(=O)NCCNC(=O)c2ccc(=O)[nH]n2)CC1=O. The maximum atomic E-state index is 12.1. The second-order valence-corrected chi connectivity index (χ2v) is 5.89. The highest BCUT2D eigenvalue weighted by Gasteiger charge is 2.35. The smallest absolute Gasteiger partial charge is 0.271 e.